The van der Waals surface area contributed by atoms with Crippen LogP contribution in [0.4, 0.5) is 0 Å². The van der Waals surface area contributed by atoms with E-state index in [1.54, 1.807) is 0 Å². The summed E-state index contributed by atoms with van der Waals surface area (Å²) in [5.41, 5.74) is 0. The fourth-order valence-electron chi connectivity index (χ4n) is 0.727. The molecule has 1 aromatic rings. The summed E-state index contributed by atoms with van der Waals surface area (Å²) in [5.74, 6) is -0.0957. The predicted octanol–water partition coefficient (Wildman–Crippen LogP) is 1.47. The van der Waals surface area contributed by atoms with E-state index in [0.29, 0.717) is 0 Å². The van der Waals surface area contributed by atoms with Crippen LogP contribution >= 0.6 is 11.9 Å². The van der Waals surface area contributed by atoms with Gasteiger partial charge in [-0.1, -0.05) is 12.1 Å². The quantitative estimate of drug-likeness (QED) is 0.748. The molecule has 1 N–H and O–H groups in total. The first kappa shape index (κ1) is 9.31. The number of benzene rings is 1. The molecule has 0 aliphatic rings. The first-order chi connectivity index (χ1) is 5.55. The lowest BCUT2D eigenvalue weighted by Crippen LogP contribution is -1.99. The molecule has 1 rings (SSSR count). The first-order valence-electron chi connectivity index (χ1n) is 2.91. The summed E-state index contributed by atoms with van der Waals surface area (Å²) in [5, 5.41) is 0. The Kier molecular flexibility index (Phi) is 2.56. The van der Waals surface area contributed by atoms with Crippen molar-refractivity contribution in [1.29, 1.82) is 0 Å². The molecule has 0 aliphatic heterocycles. The Morgan fingerprint density at radius 3 is 2.33 bits per heavy atom. The van der Waals surface area contributed by atoms with Crippen LogP contribution in [-0.4, -0.2) is 13.0 Å². The van der Waals surface area contributed by atoms with Crippen LogP contribution in [0.2, 0.25) is 0 Å². The first-order valence-corrected chi connectivity index (χ1v) is 4.65. The smallest absolute Gasteiger partial charge is 0.298 e. The second kappa shape index (κ2) is 3.30. The highest BCUT2D eigenvalue weighted by molar-refractivity contribution is 7.86. The zero-order valence-corrected chi connectivity index (χ0v) is 7.34. The van der Waals surface area contributed by atoms with Gasteiger partial charge in [-0.25, -0.2) is 0 Å². The Morgan fingerprint density at radius 1 is 1.33 bits per heavy atom. The van der Waals surface area contributed by atoms with Crippen molar-refractivity contribution < 1.29 is 17.3 Å². The van der Waals surface area contributed by atoms with E-state index in [1.165, 1.54) is 24.3 Å². The molecule has 0 bridgehead atoms. The Bertz CT molecular complexity index is 373. The van der Waals surface area contributed by atoms with Gasteiger partial charge in [0.2, 0.25) is 0 Å². The van der Waals surface area contributed by atoms with E-state index < -0.39 is 10.1 Å². The number of hydrogen-bond donors (Lipinski definition) is 1. The molecule has 0 spiro atoms. The SMILES string of the molecule is O=S(=O)(O)c1ccccc1OCl. The lowest BCUT2D eigenvalue weighted by Gasteiger charge is -2.00. The van der Waals surface area contributed by atoms with Crippen LogP contribution in [0, 0.1) is 0 Å². The molecule has 0 amide bonds. The standard InChI is InChI=1S/C6H5ClO4S/c7-11-5-3-1-2-4-6(5)12(8,9)10/h1-4H,(H,8,9,10). The average molecular weight is 209 g/mol. The average Bonchev–Trinajstić information content (AvgIpc) is 2.03. The Labute approximate surface area is 74.6 Å². The zero-order valence-electron chi connectivity index (χ0n) is 5.77. The van der Waals surface area contributed by atoms with Crippen molar-refractivity contribution in [1.82, 2.24) is 0 Å². The second-order valence-corrected chi connectivity index (χ2v) is 3.54. The molecular formula is C6H5ClO4S. The highest BCUT2D eigenvalue weighted by Gasteiger charge is 2.15. The van der Waals surface area contributed by atoms with Gasteiger partial charge in [-0.3, -0.25) is 4.55 Å². The van der Waals surface area contributed by atoms with Crippen molar-refractivity contribution in [3.05, 3.63) is 24.3 Å². The largest absolute Gasteiger partial charge is 0.384 e. The van der Waals surface area contributed by atoms with Crippen molar-refractivity contribution in [2.24, 2.45) is 0 Å². The number of rotatable bonds is 2. The van der Waals surface area contributed by atoms with Crippen molar-refractivity contribution in [3.8, 4) is 5.75 Å². The van der Waals surface area contributed by atoms with Gasteiger partial charge in [-0.05, 0) is 12.1 Å². The molecule has 66 valence electrons. The number of hydrogen-bond acceptors (Lipinski definition) is 3. The zero-order chi connectivity index (χ0) is 9.19. The van der Waals surface area contributed by atoms with Gasteiger partial charge in [0.15, 0.2) is 5.75 Å². The summed E-state index contributed by atoms with van der Waals surface area (Å²) in [6.45, 7) is 0. The van der Waals surface area contributed by atoms with Crippen molar-refractivity contribution in [3.63, 3.8) is 0 Å². The van der Waals surface area contributed by atoms with Crippen LogP contribution in [0.1, 0.15) is 0 Å². The van der Waals surface area contributed by atoms with Crippen LogP contribution in [0.3, 0.4) is 0 Å². The minimum Gasteiger partial charge on any atom is -0.384 e. The summed E-state index contributed by atoms with van der Waals surface area (Å²) in [6, 6.07) is 5.50. The van der Waals surface area contributed by atoms with Crippen LogP contribution < -0.4 is 4.29 Å². The maximum atomic E-state index is 10.6. The van der Waals surface area contributed by atoms with E-state index in [2.05, 4.69) is 4.29 Å². The van der Waals surface area contributed by atoms with Crippen molar-refractivity contribution in [2.75, 3.05) is 0 Å². The molecule has 0 fully saturated rings. The second-order valence-electron chi connectivity index (χ2n) is 2.00. The minimum absolute atomic E-state index is 0.0957. The number of halogens is 1. The van der Waals surface area contributed by atoms with Crippen LogP contribution in [0.15, 0.2) is 29.2 Å². The van der Waals surface area contributed by atoms with E-state index in [0.717, 1.165) is 0 Å². The van der Waals surface area contributed by atoms with E-state index in [4.69, 9.17) is 16.4 Å². The molecule has 0 unspecified atom stereocenters. The van der Waals surface area contributed by atoms with Gasteiger partial charge in [0.05, 0.1) is 0 Å². The van der Waals surface area contributed by atoms with Crippen molar-refractivity contribution in [2.45, 2.75) is 4.90 Å². The highest BCUT2D eigenvalue weighted by Crippen LogP contribution is 2.23. The summed E-state index contributed by atoms with van der Waals surface area (Å²) in [7, 11) is -4.26. The fourth-order valence-corrected chi connectivity index (χ4v) is 1.52. The molecule has 1 aromatic carbocycles. The molecule has 4 nitrogen and oxygen atoms in total. The predicted molar refractivity (Wildman–Crippen MR) is 42.7 cm³/mol. The van der Waals surface area contributed by atoms with Gasteiger partial charge in [-0.2, -0.15) is 8.42 Å². The molecule has 0 aliphatic carbocycles. The fraction of sp³-hybridized carbons (Fsp3) is 0. The van der Waals surface area contributed by atoms with E-state index in [1.807, 2.05) is 0 Å². The third kappa shape index (κ3) is 1.88. The monoisotopic (exact) mass is 208 g/mol. The van der Waals surface area contributed by atoms with Gasteiger partial charge >= 0.3 is 0 Å². The molecule has 0 saturated heterocycles. The molecule has 0 saturated carbocycles. The third-order valence-electron chi connectivity index (χ3n) is 1.21. The molecular weight excluding hydrogens is 204 g/mol. The minimum atomic E-state index is -4.26. The van der Waals surface area contributed by atoms with E-state index in [9.17, 15) is 8.42 Å². The van der Waals surface area contributed by atoms with Gasteiger partial charge in [0.1, 0.15) is 16.8 Å². The molecule has 0 atom stereocenters. The van der Waals surface area contributed by atoms with Crippen molar-refractivity contribution >= 4 is 22.0 Å². The maximum Gasteiger partial charge on any atom is 0.298 e. The van der Waals surface area contributed by atoms with Gasteiger partial charge in [0, 0.05) is 0 Å². The molecule has 0 heterocycles. The highest BCUT2D eigenvalue weighted by atomic mass is 35.5. The molecule has 0 aromatic heterocycles. The van der Waals surface area contributed by atoms with E-state index >= 15 is 0 Å². The molecule has 6 heteroatoms. The van der Waals surface area contributed by atoms with Crippen LogP contribution in [0.5, 0.6) is 5.75 Å². The summed E-state index contributed by atoms with van der Waals surface area (Å²) >= 11 is 4.96. The maximum absolute atomic E-state index is 10.6. The third-order valence-corrected chi connectivity index (χ3v) is 2.27. The lowest BCUT2D eigenvalue weighted by atomic mass is 10.3. The summed E-state index contributed by atoms with van der Waals surface area (Å²) < 4.78 is 34.1. The van der Waals surface area contributed by atoms with Gasteiger partial charge < -0.3 is 4.29 Å². The molecule has 0 radical (unpaired) electrons. The lowest BCUT2D eigenvalue weighted by molar-refractivity contribution is 0.477. The topological polar surface area (TPSA) is 63.6 Å². The van der Waals surface area contributed by atoms with E-state index in [-0.39, 0.29) is 10.6 Å². The van der Waals surface area contributed by atoms with Crippen LogP contribution in [-0.2, 0) is 10.1 Å². The Balaban J connectivity index is 3.33. The Hall–Kier alpha value is -0.780. The normalized spacial score (nSPS) is 11.2. The number of para-hydroxylation sites is 1. The Morgan fingerprint density at radius 2 is 1.92 bits per heavy atom. The molecule has 12 heavy (non-hydrogen) atoms. The van der Waals surface area contributed by atoms with Gasteiger partial charge in [-0.15, -0.1) is 0 Å². The van der Waals surface area contributed by atoms with Crippen LogP contribution in [0.25, 0.3) is 0 Å². The summed E-state index contributed by atoms with van der Waals surface area (Å²) in [4.78, 5) is -0.347. The van der Waals surface area contributed by atoms with Gasteiger partial charge in [0.25, 0.3) is 10.1 Å². The summed E-state index contributed by atoms with van der Waals surface area (Å²) in [6.07, 6.45) is 0.